The maximum atomic E-state index is 2.35. The number of hydrogen-bond donors (Lipinski definition) is 0. The Bertz CT molecular complexity index is 324. The van der Waals surface area contributed by atoms with Gasteiger partial charge in [0, 0.05) is 0 Å². The molecule has 1 atom stereocenters. The van der Waals surface area contributed by atoms with E-state index in [4.69, 9.17) is 0 Å². The first-order valence-corrected chi connectivity index (χ1v) is 6.96. The number of benzene rings is 1. The fourth-order valence-electron chi connectivity index (χ4n) is 2.50. The van der Waals surface area contributed by atoms with Crippen LogP contribution in [-0.4, -0.2) is 0 Å². The number of hydrogen-bond acceptors (Lipinski definition) is 0. The molecule has 0 aliphatic heterocycles. The molecule has 0 aliphatic carbocycles. The Kier molecular flexibility index (Phi) is 4.80. The van der Waals surface area contributed by atoms with Crippen LogP contribution in [0.4, 0.5) is 0 Å². The van der Waals surface area contributed by atoms with Gasteiger partial charge in [0.05, 0.1) is 0 Å². The molecule has 0 fully saturated rings. The predicted octanol–water partition coefficient (Wildman–Crippen LogP) is 5.74. The Labute approximate surface area is 107 Å². The molecule has 1 aromatic rings. The van der Waals surface area contributed by atoms with Gasteiger partial charge in [0.2, 0.25) is 0 Å². The molecule has 0 saturated heterocycles. The van der Waals surface area contributed by atoms with E-state index in [9.17, 15) is 0 Å². The van der Waals surface area contributed by atoms with E-state index in [1.54, 1.807) is 0 Å². The smallest absolute Gasteiger partial charge is 0.0113 e. The van der Waals surface area contributed by atoms with Crippen molar-refractivity contribution in [3.8, 4) is 0 Å². The van der Waals surface area contributed by atoms with Gasteiger partial charge in [-0.2, -0.15) is 0 Å². The van der Waals surface area contributed by atoms with E-state index in [2.05, 4.69) is 65.8 Å². The van der Waals surface area contributed by atoms with Crippen molar-refractivity contribution in [2.45, 2.75) is 66.2 Å². The third-order valence-electron chi connectivity index (χ3n) is 3.63. The molecule has 0 heterocycles. The highest BCUT2D eigenvalue weighted by atomic mass is 14.3. The van der Waals surface area contributed by atoms with Gasteiger partial charge in [0.25, 0.3) is 0 Å². The summed E-state index contributed by atoms with van der Waals surface area (Å²) in [6, 6.07) is 9.27. The minimum atomic E-state index is 0.357. The zero-order valence-electron chi connectivity index (χ0n) is 12.4. The normalized spacial score (nSPS) is 14.1. The average molecular weight is 232 g/mol. The molecule has 0 saturated carbocycles. The van der Waals surface area contributed by atoms with E-state index in [0.717, 1.165) is 0 Å². The van der Waals surface area contributed by atoms with E-state index in [1.807, 2.05) is 0 Å². The Morgan fingerprint density at radius 3 is 1.76 bits per heavy atom. The van der Waals surface area contributed by atoms with E-state index < -0.39 is 0 Å². The summed E-state index contributed by atoms with van der Waals surface area (Å²) < 4.78 is 0. The lowest BCUT2D eigenvalue weighted by molar-refractivity contribution is 0.303. The topological polar surface area (TPSA) is 0 Å². The molecule has 0 nitrogen and oxygen atoms in total. The second-order valence-electron chi connectivity index (χ2n) is 6.53. The van der Waals surface area contributed by atoms with Gasteiger partial charge in [0.15, 0.2) is 0 Å². The minimum Gasteiger partial charge on any atom is -0.0654 e. The Hall–Kier alpha value is -0.780. The van der Waals surface area contributed by atoms with E-state index in [1.165, 1.54) is 24.0 Å². The molecule has 0 bridgehead atoms. The Morgan fingerprint density at radius 1 is 0.941 bits per heavy atom. The van der Waals surface area contributed by atoms with E-state index in [0.29, 0.717) is 17.3 Å². The predicted molar refractivity (Wildman–Crippen MR) is 77.6 cm³/mol. The van der Waals surface area contributed by atoms with Gasteiger partial charge >= 0.3 is 0 Å². The third-order valence-corrected chi connectivity index (χ3v) is 3.63. The van der Waals surface area contributed by atoms with Crippen molar-refractivity contribution < 1.29 is 0 Å². The highest BCUT2D eigenvalue weighted by Gasteiger charge is 2.25. The molecule has 0 spiro atoms. The standard InChI is InChI=1S/C17H28/c1-7-8-16(17(4,5)6)15-11-9-14(10-12-15)13(2)3/h9-13,16H,7-8H2,1-6H3. The fraction of sp³-hybridized carbons (Fsp3) is 0.647. The van der Waals surface area contributed by atoms with Gasteiger partial charge in [0.1, 0.15) is 0 Å². The second-order valence-corrected chi connectivity index (χ2v) is 6.53. The van der Waals surface area contributed by atoms with Crippen molar-refractivity contribution in [1.29, 1.82) is 0 Å². The SMILES string of the molecule is CCCC(c1ccc(C(C)C)cc1)C(C)(C)C. The molecule has 0 heteroatoms. The molecular weight excluding hydrogens is 204 g/mol. The van der Waals surface area contributed by atoms with Crippen LogP contribution in [0.25, 0.3) is 0 Å². The van der Waals surface area contributed by atoms with Crippen LogP contribution >= 0.6 is 0 Å². The van der Waals surface area contributed by atoms with Crippen molar-refractivity contribution in [3.05, 3.63) is 35.4 Å². The van der Waals surface area contributed by atoms with Crippen LogP contribution in [0.2, 0.25) is 0 Å². The molecule has 96 valence electrons. The molecule has 0 radical (unpaired) electrons. The van der Waals surface area contributed by atoms with Crippen LogP contribution < -0.4 is 0 Å². The molecule has 1 rings (SSSR count). The largest absolute Gasteiger partial charge is 0.0654 e. The Morgan fingerprint density at radius 2 is 1.41 bits per heavy atom. The summed E-state index contributed by atoms with van der Waals surface area (Å²) in [6.45, 7) is 13.8. The summed E-state index contributed by atoms with van der Waals surface area (Å²) in [7, 11) is 0. The van der Waals surface area contributed by atoms with Gasteiger partial charge in [-0.25, -0.2) is 0 Å². The van der Waals surface area contributed by atoms with Crippen LogP contribution in [0.1, 0.15) is 77.3 Å². The molecular formula is C17H28. The molecule has 0 aliphatic rings. The Balaban J connectivity index is 2.95. The molecule has 0 amide bonds. The summed E-state index contributed by atoms with van der Waals surface area (Å²) in [5, 5.41) is 0. The van der Waals surface area contributed by atoms with Crippen molar-refractivity contribution in [3.63, 3.8) is 0 Å². The van der Waals surface area contributed by atoms with Crippen LogP contribution in [0.3, 0.4) is 0 Å². The van der Waals surface area contributed by atoms with Crippen LogP contribution in [-0.2, 0) is 0 Å². The van der Waals surface area contributed by atoms with Crippen molar-refractivity contribution >= 4 is 0 Å². The van der Waals surface area contributed by atoms with Gasteiger partial charge in [-0.3, -0.25) is 0 Å². The first kappa shape index (κ1) is 14.3. The molecule has 0 N–H and O–H groups in total. The van der Waals surface area contributed by atoms with E-state index >= 15 is 0 Å². The van der Waals surface area contributed by atoms with Crippen LogP contribution in [0.5, 0.6) is 0 Å². The first-order valence-electron chi connectivity index (χ1n) is 6.96. The summed E-state index contributed by atoms with van der Waals surface area (Å²) in [6.07, 6.45) is 2.54. The van der Waals surface area contributed by atoms with E-state index in [-0.39, 0.29) is 0 Å². The van der Waals surface area contributed by atoms with Crippen molar-refractivity contribution in [2.75, 3.05) is 0 Å². The lowest BCUT2D eigenvalue weighted by atomic mass is 9.74. The summed E-state index contributed by atoms with van der Waals surface area (Å²) in [4.78, 5) is 0. The maximum Gasteiger partial charge on any atom is -0.0113 e. The van der Waals surface area contributed by atoms with Gasteiger partial charge in [-0.1, -0.05) is 72.2 Å². The molecule has 17 heavy (non-hydrogen) atoms. The maximum absolute atomic E-state index is 2.35. The van der Waals surface area contributed by atoms with Crippen LogP contribution in [0, 0.1) is 5.41 Å². The molecule has 1 unspecified atom stereocenters. The minimum absolute atomic E-state index is 0.357. The summed E-state index contributed by atoms with van der Waals surface area (Å²) in [5.41, 5.74) is 3.30. The summed E-state index contributed by atoms with van der Waals surface area (Å²) >= 11 is 0. The molecule has 1 aromatic carbocycles. The van der Waals surface area contributed by atoms with Crippen molar-refractivity contribution in [2.24, 2.45) is 5.41 Å². The number of rotatable bonds is 4. The monoisotopic (exact) mass is 232 g/mol. The first-order chi connectivity index (χ1) is 7.86. The zero-order chi connectivity index (χ0) is 13.1. The lowest BCUT2D eigenvalue weighted by Crippen LogP contribution is -2.18. The van der Waals surface area contributed by atoms with Gasteiger partial charge in [-0.15, -0.1) is 0 Å². The quantitative estimate of drug-likeness (QED) is 0.621. The fourth-order valence-corrected chi connectivity index (χ4v) is 2.50. The summed E-state index contributed by atoms with van der Waals surface area (Å²) in [5.74, 6) is 1.30. The average Bonchev–Trinajstić information content (AvgIpc) is 2.24. The molecule has 0 aromatic heterocycles. The lowest BCUT2D eigenvalue weighted by Gasteiger charge is -2.31. The van der Waals surface area contributed by atoms with Crippen LogP contribution in [0.15, 0.2) is 24.3 Å². The third kappa shape index (κ3) is 3.87. The highest BCUT2D eigenvalue weighted by Crippen LogP contribution is 2.38. The van der Waals surface area contributed by atoms with Gasteiger partial charge < -0.3 is 0 Å². The van der Waals surface area contributed by atoms with Gasteiger partial charge in [-0.05, 0) is 34.8 Å². The zero-order valence-corrected chi connectivity index (χ0v) is 12.4. The highest BCUT2D eigenvalue weighted by molar-refractivity contribution is 5.28. The van der Waals surface area contributed by atoms with Crippen molar-refractivity contribution in [1.82, 2.24) is 0 Å². The second kappa shape index (κ2) is 5.71.